The number of likely N-dealkylation sites (tertiary alicyclic amines) is 1. The second-order valence-corrected chi connectivity index (χ2v) is 7.10. The summed E-state index contributed by atoms with van der Waals surface area (Å²) in [6.07, 6.45) is 1.82. The average molecular weight is 293 g/mol. The number of nitrogens with zero attached hydrogens (tertiary/aromatic N) is 2. The number of hydrogen-bond donors (Lipinski definition) is 1. The van der Waals surface area contributed by atoms with Crippen LogP contribution in [-0.2, 0) is 13.1 Å². The average Bonchev–Trinajstić information content (AvgIpc) is 2.97. The summed E-state index contributed by atoms with van der Waals surface area (Å²) < 4.78 is 5.66. The van der Waals surface area contributed by atoms with E-state index in [-0.39, 0.29) is 0 Å². The first-order valence-corrected chi connectivity index (χ1v) is 8.12. The minimum Gasteiger partial charge on any atom is -0.468 e. The van der Waals surface area contributed by atoms with Crippen LogP contribution >= 0.6 is 0 Å². The van der Waals surface area contributed by atoms with Crippen molar-refractivity contribution in [1.82, 2.24) is 15.1 Å². The molecule has 0 amide bonds. The Morgan fingerprint density at radius 2 is 2.14 bits per heavy atom. The minimum absolute atomic E-state index is 0.666. The maximum Gasteiger partial charge on any atom is 0.122 e. The van der Waals surface area contributed by atoms with Crippen molar-refractivity contribution in [2.75, 3.05) is 33.7 Å². The van der Waals surface area contributed by atoms with Crippen molar-refractivity contribution in [2.24, 2.45) is 11.8 Å². The van der Waals surface area contributed by atoms with Gasteiger partial charge in [-0.1, -0.05) is 20.8 Å². The maximum atomic E-state index is 5.66. The van der Waals surface area contributed by atoms with Crippen LogP contribution in [-0.4, -0.2) is 49.6 Å². The highest BCUT2D eigenvalue weighted by atomic mass is 16.3. The first-order valence-electron chi connectivity index (χ1n) is 8.12. The predicted molar refractivity (Wildman–Crippen MR) is 87.2 cm³/mol. The fourth-order valence-corrected chi connectivity index (χ4v) is 3.23. The molecular formula is C17H31N3O. The fourth-order valence-electron chi connectivity index (χ4n) is 3.23. The van der Waals surface area contributed by atoms with Gasteiger partial charge in [0.1, 0.15) is 5.76 Å². The fraction of sp³-hybridized carbons (Fsp3) is 0.765. The van der Waals surface area contributed by atoms with Crippen LogP contribution in [0.3, 0.4) is 0 Å². The third-order valence-corrected chi connectivity index (χ3v) is 4.38. The topological polar surface area (TPSA) is 31.7 Å². The molecule has 0 radical (unpaired) electrons. The Kier molecular flexibility index (Phi) is 5.85. The van der Waals surface area contributed by atoms with Gasteiger partial charge in [0.2, 0.25) is 0 Å². The molecule has 1 N–H and O–H groups in total. The summed E-state index contributed by atoms with van der Waals surface area (Å²) in [6, 6.07) is 2.79. The van der Waals surface area contributed by atoms with Crippen LogP contribution in [0.25, 0.3) is 0 Å². The summed E-state index contributed by atoms with van der Waals surface area (Å²) in [5, 5.41) is 3.47. The molecule has 0 saturated carbocycles. The number of rotatable bonds is 7. The molecule has 0 spiro atoms. The summed E-state index contributed by atoms with van der Waals surface area (Å²) in [5.41, 5.74) is 1.33. The van der Waals surface area contributed by atoms with Gasteiger partial charge in [0.05, 0.1) is 12.8 Å². The quantitative estimate of drug-likeness (QED) is 0.836. The highest BCUT2D eigenvalue weighted by Gasteiger charge is 2.31. The van der Waals surface area contributed by atoms with Crippen molar-refractivity contribution in [1.29, 1.82) is 0 Å². The van der Waals surface area contributed by atoms with Crippen molar-refractivity contribution >= 4 is 0 Å². The van der Waals surface area contributed by atoms with Crippen molar-refractivity contribution in [3.8, 4) is 0 Å². The molecule has 21 heavy (non-hydrogen) atoms. The molecule has 2 rings (SSSR count). The van der Waals surface area contributed by atoms with Gasteiger partial charge in [-0.3, -0.25) is 4.90 Å². The van der Waals surface area contributed by atoms with E-state index in [4.69, 9.17) is 4.42 Å². The van der Waals surface area contributed by atoms with Crippen molar-refractivity contribution in [2.45, 2.75) is 39.9 Å². The molecule has 1 saturated heterocycles. The van der Waals surface area contributed by atoms with E-state index in [1.807, 2.05) is 6.26 Å². The molecule has 2 heterocycles. The zero-order chi connectivity index (χ0) is 15.4. The van der Waals surface area contributed by atoms with Crippen LogP contribution in [0.15, 0.2) is 16.7 Å². The first kappa shape index (κ1) is 16.5. The lowest BCUT2D eigenvalue weighted by molar-refractivity contribution is 0.249. The van der Waals surface area contributed by atoms with Gasteiger partial charge >= 0.3 is 0 Å². The van der Waals surface area contributed by atoms with Gasteiger partial charge in [0.15, 0.2) is 0 Å². The van der Waals surface area contributed by atoms with Gasteiger partial charge in [-0.2, -0.15) is 0 Å². The van der Waals surface area contributed by atoms with E-state index in [1.165, 1.54) is 12.1 Å². The van der Waals surface area contributed by atoms with Crippen molar-refractivity contribution in [3.05, 3.63) is 23.7 Å². The van der Waals surface area contributed by atoms with Gasteiger partial charge in [-0.15, -0.1) is 0 Å². The largest absolute Gasteiger partial charge is 0.468 e. The SMILES string of the molecule is CC(C)CNCc1occc1CN1CC(C)C(N(C)C)C1. The lowest BCUT2D eigenvalue weighted by atomic mass is 10.1. The Morgan fingerprint density at radius 1 is 1.38 bits per heavy atom. The third kappa shape index (κ3) is 4.56. The number of likely N-dealkylation sites (N-methyl/N-ethyl adjacent to an activating group) is 1. The Balaban J connectivity index is 1.88. The standard InChI is InChI=1S/C17H31N3O/c1-13(2)8-18-9-17-15(6-7-21-17)11-20-10-14(3)16(12-20)19(4)5/h6-7,13-14,16,18H,8-12H2,1-5H3. The number of furan rings is 1. The molecule has 1 aromatic heterocycles. The number of hydrogen-bond acceptors (Lipinski definition) is 4. The van der Waals surface area contributed by atoms with Crippen LogP contribution in [0.1, 0.15) is 32.1 Å². The van der Waals surface area contributed by atoms with Crippen LogP contribution in [0.4, 0.5) is 0 Å². The molecule has 4 nitrogen and oxygen atoms in total. The summed E-state index contributed by atoms with van der Waals surface area (Å²) in [5.74, 6) is 2.50. The van der Waals surface area contributed by atoms with Gasteiger partial charge in [-0.05, 0) is 38.5 Å². The van der Waals surface area contributed by atoms with Crippen molar-refractivity contribution in [3.63, 3.8) is 0 Å². The van der Waals surface area contributed by atoms with Crippen LogP contribution < -0.4 is 5.32 Å². The molecule has 0 bridgehead atoms. The normalized spacial score (nSPS) is 23.6. The summed E-state index contributed by atoms with van der Waals surface area (Å²) in [7, 11) is 4.37. The molecule has 2 unspecified atom stereocenters. The molecule has 1 aliphatic rings. The highest BCUT2D eigenvalue weighted by Crippen LogP contribution is 2.23. The molecule has 1 fully saturated rings. The lowest BCUT2D eigenvalue weighted by Crippen LogP contribution is -2.34. The maximum absolute atomic E-state index is 5.66. The van der Waals surface area contributed by atoms with Gasteiger partial charge in [0, 0.05) is 31.2 Å². The minimum atomic E-state index is 0.666. The Morgan fingerprint density at radius 3 is 2.76 bits per heavy atom. The van der Waals surface area contributed by atoms with Crippen LogP contribution in [0, 0.1) is 11.8 Å². The molecule has 0 aliphatic carbocycles. The summed E-state index contributed by atoms with van der Waals surface area (Å²) in [6.45, 7) is 12.0. The highest BCUT2D eigenvalue weighted by molar-refractivity contribution is 5.17. The van der Waals surface area contributed by atoms with Gasteiger partial charge < -0.3 is 14.6 Å². The molecule has 2 atom stereocenters. The predicted octanol–water partition coefficient (Wildman–Crippen LogP) is 2.41. The smallest absolute Gasteiger partial charge is 0.122 e. The summed E-state index contributed by atoms with van der Waals surface area (Å²) in [4.78, 5) is 4.90. The Bertz CT molecular complexity index is 427. The van der Waals surface area contributed by atoms with E-state index in [1.54, 1.807) is 0 Å². The Hall–Kier alpha value is -0.840. The molecule has 1 aliphatic heterocycles. The molecular weight excluding hydrogens is 262 g/mol. The number of nitrogens with one attached hydrogen (secondary N) is 1. The van der Waals surface area contributed by atoms with Crippen LogP contribution in [0.5, 0.6) is 0 Å². The van der Waals surface area contributed by atoms with Gasteiger partial charge in [-0.25, -0.2) is 0 Å². The molecule has 4 heteroatoms. The van der Waals surface area contributed by atoms with E-state index in [0.29, 0.717) is 12.0 Å². The van der Waals surface area contributed by atoms with Gasteiger partial charge in [0.25, 0.3) is 0 Å². The lowest BCUT2D eigenvalue weighted by Gasteiger charge is -2.22. The second-order valence-electron chi connectivity index (χ2n) is 7.10. The second kappa shape index (κ2) is 7.43. The molecule has 120 valence electrons. The van der Waals surface area contributed by atoms with E-state index in [2.05, 4.69) is 56.0 Å². The Labute approximate surface area is 129 Å². The van der Waals surface area contributed by atoms with E-state index < -0.39 is 0 Å². The molecule has 1 aromatic rings. The monoisotopic (exact) mass is 293 g/mol. The van der Waals surface area contributed by atoms with Crippen LogP contribution in [0.2, 0.25) is 0 Å². The first-order chi connectivity index (χ1) is 9.97. The summed E-state index contributed by atoms with van der Waals surface area (Å²) >= 11 is 0. The third-order valence-electron chi connectivity index (χ3n) is 4.38. The molecule has 0 aromatic carbocycles. The van der Waals surface area contributed by atoms with Crippen molar-refractivity contribution < 1.29 is 4.42 Å². The zero-order valence-corrected chi connectivity index (χ0v) is 14.2. The van der Waals surface area contributed by atoms with E-state index in [9.17, 15) is 0 Å². The van der Waals surface area contributed by atoms with E-state index in [0.717, 1.165) is 37.9 Å². The zero-order valence-electron chi connectivity index (χ0n) is 14.2. The van der Waals surface area contributed by atoms with E-state index >= 15 is 0 Å².